The van der Waals surface area contributed by atoms with Crippen LogP contribution in [0.3, 0.4) is 0 Å². The molecule has 1 aromatic carbocycles. The van der Waals surface area contributed by atoms with Crippen molar-refractivity contribution in [3.8, 4) is 11.4 Å². The number of nitrogens with one attached hydrogen (secondary N) is 3. The molecule has 0 radical (unpaired) electrons. The number of fused-ring (bicyclic) bond motifs is 1. The van der Waals surface area contributed by atoms with E-state index >= 15 is 0 Å². The predicted octanol–water partition coefficient (Wildman–Crippen LogP) is 4.90. The Labute approximate surface area is 144 Å². The maximum Gasteiger partial charge on any atom is 0.154 e. The molecule has 6 nitrogen and oxygen atoms in total. The second-order valence-electron chi connectivity index (χ2n) is 5.64. The third kappa shape index (κ3) is 3.10. The molecule has 0 atom stereocenters. The number of anilines is 1. The van der Waals surface area contributed by atoms with Crippen LogP contribution in [-0.2, 0) is 6.54 Å². The van der Waals surface area contributed by atoms with Gasteiger partial charge < -0.3 is 10.3 Å². The Morgan fingerprint density at radius 1 is 1.08 bits per heavy atom. The van der Waals surface area contributed by atoms with E-state index in [1.807, 2.05) is 48.7 Å². The van der Waals surface area contributed by atoms with Gasteiger partial charge in [0, 0.05) is 24.3 Å². The summed E-state index contributed by atoms with van der Waals surface area (Å²) < 4.78 is 0. The molecule has 3 aromatic heterocycles. The van der Waals surface area contributed by atoms with Gasteiger partial charge in [0.05, 0.1) is 16.9 Å². The molecule has 0 saturated heterocycles. The fourth-order valence-electron chi connectivity index (χ4n) is 2.73. The quantitative estimate of drug-likeness (QED) is 0.455. The van der Waals surface area contributed by atoms with Gasteiger partial charge in [0.15, 0.2) is 5.82 Å². The molecule has 0 aliphatic rings. The van der Waals surface area contributed by atoms with E-state index in [9.17, 15) is 0 Å². The van der Waals surface area contributed by atoms with E-state index in [4.69, 9.17) is 5.53 Å². The van der Waals surface area contributed by atoms with Gasteiger partial charge in [0.25, 0.3) is 0 Å². The molecule has 3 heterocycles. The molecular formula is C19H16N6. The maximum atomic E-state index is 7.35. The van der Waals surface area contributed by atoms with E-state index in [1.165, 1.54) is 0 Å². The zero-order valence-electron chi connectivity index (χ0n) is 13.4. The first-order valence-electron chi connectivity index (χ1n) is 7.93. The standard InChI is InChI=1S/C19H16N6/c20-25-18-8-7-17(16-4-2-10-22-16)24-19(18)23-12-13-5-6-15-14(11-13)3-1-9-21-15/h1-11,20,22H,12H2,(H,23,24). The summed E-state index contributed by atoms with van der Waals surface area (Å²) >= 11 is 0. The Bertz CT molecular complexity index is 1020. The van der Waals surface area contributed by atoms with Crippen LogP contribution < -0.4 is 5.32 Å². The van der Waals surface area contributed by atoms with Crippen LogP contribution in [0.4, 0.5) is 11.5 Å². The first-order chi connectivity index (χ1) is 12.3. The summed E-state index contributed by atoms with van der Waals surface area (Å²) in [7, 11) is 0. The fraction of sp³-hybridized carbons (Fsp3) is 0.0526. The molecule has 3 N–H and O–H groups in total. The van der Waals surface area contributed by atoms with Crippen LogP contribution in [0.15, 0.2) is 72.1 Å². The SMILES string of the molecule is N=Nc1ccc(-c2ccc[nH]2)nc1NCc1ccc2ncccc2c1. The zero-order valence-corrected chi connectivity index (χ0v) is 13.4. The average molecular weight is 328 g/mol. The van der Waals surface area contributed by atoms with Crippen molar-refractivity contribution >= 4 is 22.4 Å². The number of H-pyrrole nitrogens is 1. The minimum absolute atomic E-state index is 0.512. The molecule has 4 aromatic rings. The Morgan fingerprint density at radius 2 is 2.04 bits per heavy atom. The number of pyridine rings is 2. The highest BCUT2D eigenvalue weighted by Gasteiger charge is 2.08. The van der Waals surface area contributed by atoms with Gasteiger partial charge >= 0.3 is 0 Å². The van der Waals surface area contributed by atoms with Gasteiger partial charge in [0.2, 0.25) is 0 Å². The summed E-state index contributed by atoms with van der Waals surface area (Å²) in [4.78, 5) is 12.1. The van der Waals surface area contributed by atoms with Gasteiger partial charge in [-0.15, -0.1) is 0 Å². The molecule has 0 fully saturated rings. The van der Waals surface area contributed by atoms with Crippen molar-refractivity contribution in [1.82, 2.24) is 15.0 Å². The second-order valence-corrected chi connectivity index (χ2v) is 5.64. The van der Waals surface area contributed by atoms with Gasteiger partial charge in [-0.05, 0) is 48.0 Å². The molecule has 25 heavy (non-hydrogen) atoms. The lowest BCUT2D eigenvalue weighted by molar-refractivity contribution is 1.08. The van der Waals surface area contributed by atoms with Crippen LogP contribution in [0.1, 0.15) is 5.56 Å². The van der Waals surface area contributed by atoms with Crippen molar-refractivity contribution in [1.29, 1.82) is 5.53 Å². The first kappa shape index (κ1) is 15.0. The maximum absolute atomic E-state index is 7.35. The highest BCUT2D eigenvalue weighted by molar-refractivity contribution is 5.79. The number of hydrogen-bond acceptors (Lipinski definition) is 5. The number of nitrogens with zero attached hydrogens (tertiary/aromatic N) is 3. The highest BCUT2D eigenvalue weighted by Crippen LogP contribution is 2.27. The number of benzene rings is 1. The summed E-state index contributed by atoms with van der Waals surface area (Å²) in [5, 5.41) is 7.95. The molecule has 0 saturated carbocycles. The third-order valence-corrected chi connectivity index (χ3v) is 4.00. The van der Waals surface area contributed by atoms with Crippen LogP contribution in [0.2, 0.25) is 0 Å². The summed E-state index contributed by atoms with van der Waals surface area (Å²) in [5.74, 6) is 0.591. The zero-order chi connectivity index (χ0) is 17.1. The Balaban J connectivity index is 1.60. The van der Waals surface area contributed by atoms with Crippen molar-refractivity contribution < 1.29 is 0 Å². The molecule has 0 spiro atoms. The topological polar surface area (TPSA) is 89.8 Å². The summed E-state index contributed by atoms with van der Waals surface area (Å²) in [6, 6.07) is 17.6. The lowest BCUT2D eigenvalue weighted by atomic mass is 10.1. The van der Waals surface area contributed by atoms with Gasteiger partial charge in [-0.3, -0.25) is 4.98 Å². The van der Waals surface area contributed by atoms with Crippen LogP contribution in [0.5, 0.6) is 0 Å². The number of hydrogen-bond donors (Lipinski definition) is 3. The lowest BCUT2D eigenvalue weighted by Crippen LogP contribution is -2.02. The number of aromatic nitrogens is 3. The first-order valence-corrected chi connectivity index (χ1v) is 7.93. The Hall–Kier alpha value is -3.54. The molecule has 122 valence electrons. The summed E-state index contributed by atoms with van der Waals surface area (Å²) in [6.45, 7) is 0.592. The van der Waals surface area contributed by atoms with E-state index in [-0.39, 0.29) is 0 Å². The van der Waals surface area contributed by atoms with Crippen LogP contribution in [-0.4, -0.2) is 15.0 Å². The van der Waals surface area contributed by atoms with E-state index in [0.29, 0.717) is 18.1 Å². The molecule has 0 amide bonds. The van der Waals surface area contributed by atoms with Crippen LogP contribution in [0, 0.1) is 5.53 Å². The van der Waals surface area contributed by atoms with Crippen molar-refractivity contribution in [2.24, 2.45) is 5.11 Å². The van der Waals surface area contributed by atoms with Crippen molar-refractivity contribution in [2.75, 3.05) is 5.32 Å². The lowest BCUT2D eigenvalue weighted by Gasteiger charge is -2.10. The largest absolute Gasteiger partial charge is 0.364 e. The third-order valence-electron chi connectivity index (χ3n) is 4.00. The van der Waals surface area contributed by atoms with Crippen molar-refractivity contribution in [2.45, 2.75) is 6.54 Å². The molecule has 0 unspecified atom stereocenters. The summed E-state index contributed by atoms with van der Waals surface area (Å²) in [5.41, 5.74) is 11.7. The minimum atomic E-state index is 0.512. The number of rotatable bonds is 5. The molecule has 0 aliphatic carbocycles. The van der Waals surface area contributed by atoms with E-state index < -0.39 is 0 Å². The van der Waals surface area contributed by atoms with Crippen LogP contribution in [0.25, 0.3) is 22.3 Å². The van der Waals surface area contributed by atoms with Crippen LogP contribution >= 0.6 is 0 Å². The fourth-order valence-corrected chi connectivity index (χ4v) is 2.73. The second kappa shape index (κ2) is 6.52. The highest BCUT2D eigenvalue weighted by atomic mass is 15.1. The molecule has 0 bridgehead atoms. The Morgan fingerprint density at radius 3 is 2.88 bits per heavy atom. The minimum Gasteiger partial charge on any atom is -0.364 e. The number of aromatic amines is 1. The van der Waals surface area contributed by atoms with E-state index in [1.54, 1.807) is 12.3 Å². The van der Waals surface area contributed by atoms with Crippen molar-refractivity contribution in [3.63, 3.8) is 0 Å². The predicted molar refractivity (Wildman–Crippen MR) is 97.9 cm³/mol. The van der Waals surface area contributed by atoms with Gasteiger partial charge in [0.1, 0.15) is 5.69 Å². The average Bonchev–Trinajstić information content (AvgIpc) is 3.21. The normalized spacial score (nSPS) is 10.7. The molecule has 0 aliphatic heterocycles. The molecular weight excluding hydrogens is 312 g/mol. The summed E-state index contributed by atoms with van der Waals surface area (Å²) in [6.07, 6.45) is 3.65. The van der Waals surface area contributed by atoms with Crippen molar-refractivity contribution in [3.05, 3.63) is 72.6 Å². The van der Waals surface area contributed by atoms with E-state index in [2.05, 4.69) is 31.4 Å². The van der Waals surface area contributed by atoms with E-state index in [0.717, 1.165) is 27.9 Å². The Kier molecular flexibility index (Phi) is 3.92. The molecule has 6 heteroatoms. The molecule has 4 rings (SSSR count). The van der Waals surface area contributed by atoms with Gasteiger partial charge in [-0.2, -0.15) is 5.11 Å². The smallest absolute Gasteiger partial charge is 0.154 e. The monoisotopic (exact) mass is 328 g/mol. The van der Waals surface area contributed by atoms with Gasteiger partial charge in [-0.25, -0.2) is 10.5 Å². The van der Waals surface area contributed by atoms with Gasteiger partial charge in [-0.1, -0.05) is 12.1 Å².